The monoisotopic (exact) mass is 375 g/mol. The van der Waals surface area contributed by atoms with Crippen molar-refractivity contribution in [3.63, 3.8) is 0 Å². The lowest BCUT2D eigenvalue weighted by atomic mass is 10.0. The molecule has 0 bridgehead atoms. The fraction of sp³-hybridized carbons (Fsp3) is 0.533. The molecule has 0 aromatic heterocycles. The van der Waals surface area contributed by atoms with Gasteiger partial charge in [-0.05, 0) is 53.1 Å². The molecule has 0 aliphatic heterocycles. The zero-order valence-corrected chi connectivity index (χ0v) is 13.8. The van der Waals surface area contributed by atoms with Crippen LogP contribution in [0.3, 0.4) is 0 Å². The molecule has 1 unspecified atom stereocenters. The first-order valence-electron chi connectivity index (χ1n) is 6.80. The average molecular weight is 375 g/mol. The van der Waals surface area contributed by atoms with Gasteiger partial charge < -0.3 is 10.5 Å². The second-order valence-corrected chi connectivity index (χ2v) is 5.99. The topological polar surface area (TPSA) is 52.3 Å². The van der Waals surface area contributed by atoms with Crippen molar-refractivity contribution in [3.05, 3.63) is 27.3 Å². The summed E-state index contributed by atoms with van der Waals surface area (Å²) in [5.74, 6) is 0.138. The molecular weight excluding hydrogens is 353 g/mol. The molecule has 4 heteroatoms. The summed E-state index contributed by atoms with van der Waals surface area (Å²) in [4.78, 5) is 12.0. The Balaban J connectivity index is 2.56. The summed E-state index contributed by atoms with van der Waals surface area (Å²) >= 11 is 2.16. The van der Waals surface area contributed by atoms with Crippen molar-refractivity contribution in [2.75, 3.05) is 12.3 Å². The summed E-state index contributed by atoms with van der Waals surface area (Å²) in [6.45, 7) is 4.79. The summed E-state index contributed by atoms with van der Waals surface area (Å²) in [5.41, 5.74) is 6.75. The maximum atomic E-state index is 12.0. The van der Waals surface area contributed by atoms with Gasteiger partial charge in [0.05, 0.1) is 12.2 Å². The Kier molecular flexibility index (Phi) is 7.20. The highest BCUT2D eigenvalue weighted by atomic mass is 127. The number of unbranched alkanes of at least 4 members (excludes halogenated alkanes) is 1. The van der Waals surface area contributed by atoms with E-state index in [2.05, 4.69) is 36.4 Å². The first-order chi connectivity index (χ1) is 9.08. The Morgan fingerprint density at radius 1 is 1.42 bits per heavy atom. The summed E-state index contributed by atoms with van der Waals surface area (Å²) in [7, 11) is 0. The van der Waals surface area contributed by atoms with E-state index in [0.717, 1.165) is 16.4 Å². The van der Waals surface area contributed by atoms with E-state index in [4.69, 9.17) is 10.5 Å². The molecule has 0 saturated heterocycles. The maximum Gasteiger partial charge on any atom is 0.340 e. The van der Waals surface area contributed by atoms with Gasteiger partial charge in [0.15, 0.2) is 0 Å². The number of carbonyl (C=O) groups excluding carboxylic acids is 1. The molecule has 0 fully saturated rings. The van der Waals surface area contributed by atoms with Crippen LogP contribution < -0.4 is 5.73 Å². The maximum absolute atomic E-state index is 12.0. The van der Waals surface area contributed by atoms with Gasteiger partial charge in [-0.1, -0.05) is 33.1 Å². The van der Waals surface area contributed by atoms with Gasteiger partial charge in [0.1, 0.15) is 0 Å². The lowest BCUT2D eigenvalue weighted by Gasteiger charge is -2.15. The molecule has 106 valence electrons. The Hall–Kier alpha value is -0.780. The predicted octanol–water partition coefficient (Wildman–Crippen LogP) is 4.25. The quantitative estimate of drug-likeness (QED) is 0.441. The third kappa shape index (κ3) is 5.38. The third-order valence-electron chi connectivity index (χ3n) is 3.23. The molecule has 0 radical (unpaired) electrons. The first-order valence-corrected chi connectivity index (χ1v) is 7.88. The van der Waals surface area contributed by atoms with E-state index in [0.29, 0.717) is 23.8 Å². The van der Waals surface area contributed by atoms with E-state index in [9.17, 15) is 4.79 Å². The largest absolute Gasteiger partial charge is 0.462 e. The highest BCUT2D eigenvalue weighted by Gasteiger charge is 2.14. The van der Waals surface area contributed by atoms with Crippen LogP contribution >= 0.6 is 22.6 Å². The molecule has 0 amide bonds. The highest BCUT2D eigenvalue weighted by Crippen LogP contribution is 2.18. The summed E-state index contributed by atoms with van der Waals surface area (Å²) in [6, 6.07) is 5.39. The van der Waals surface area contributed by atoms with E-state index in [1.54, 1.807) is 12.1 Å². The van der Waals surface area contributed by atoms with Crippen LogP contribution in [0.4, 0.5) is 5.69 Å². The molecule has 3 nitrogen and oxygen atoms in total. The van der Waals surface area contributed by atoms with Crippen LogP contribution in [0.2, 0.25) is 0 Å². The standard InChI is InChI=1S/C15H22INO2/c1-3-5-6-11(4-2)10-19-15(18)13-9-12(16)7-8-14(13)17/h7-9,11H,3-6,10,17H2,1-2H3. The van der Waals surface area contributed by atoms with Crippen LogP contribution in [0.5, 0.6) is 0 Å². The van der Waals surface area contributed by atoms with Crippen LogP contribution in [-0.2, 0) is 4.74 Å². The van der Waals surface area contributed by atoms with E-state index in [-0.39, 0.29) is 5.97 Å². The van der Waals surface area contributed by atoms with Crippen molar-refractivity contribution in [1.29, 1.82) is 0 Å². The SMILES string of the molecule is CCCCC(CC)COC(=O)c1cc(I)ccc1N. The minimum atomic E-state index is -0.314. The smallest absolute Gasteiger partial charge is 0.340 e. The zero-order valence-electron chi connectivity index (χ0n) is 11.6. The van der Waals surface area contributed by atoms with Gasteiger partial charge >= 0.3 is 5.97 Å². The van der Waals surface area contributed by atoms with Crippen molar-refractivity contribution < 1.29 is 9.53 Å². The normalized spacial score (nSPS) is 12.2. The Labute approximate surface area is 129 Å². The molecule has 1 aromatic rings. The summed E-state index contributed by atoms with van der Waals surface area (Å²) in [5, 5.41) is 0. The van der Waals surface area contributed by atoms with Gasteiger partial charge in [-0.2, -0.15) is 0 Å². The summed E-state index contributed by atoms with van der Waals surface area (Å²) < 4.78 is 6.37. The average Bonchev–Trinajstić information content (AvgIpc) is 2.41. The van der Waals surface area contributed by atoms with E-state index >= 15 is 0 Å². The van der Waals surface area contributed by atoms with Gasteiger partial charge in [0.25, 0.3) is 0 Å². The molecule has 1 atom stereocenters. The molecule has 1 aromatic carbocycles. The summed E-state index contributed by atoms with van der Waals surface area (Å²) in [6.07, 6.45) is 4.51. The lowest BCUT2D eigenvalue weighted by molar-refractivity contribution is 0.0429. The number of carbonyl (C=O) groups is 1. The molecule has 0 saturated carbocycles. The van der Waals surface area contributed by atoms with E-state index < -0.39 is 0 Å². The van der Waals surface area contributed by atoms with E-state index in [1.165, 1.54) is 12.8 Å². The third-order valence-corrected chi connectivity index (χ3v) is 3.90. The number of hydrogen-bond donors (Lipinski definition) is 1. The molecule has 0 aliphatic rings. The molecule has 0 spiro atoms. The number of nitrogen functional groups attached to an aromatic ring is 1. The Bertz CT molecular complexity index is 421. The molecule has 19 heavy (non-hydrogen) atoms. The van der Waals surface area contributed by atoms with E-state index in [1.807, 2.05) is 6.07 Å². The van der Waals surface area contributed by atoms with Gasteiger partial charge in [0, 0.05) is 9.26 Å². The lowest BCUT2D eigenvalue weighted by Crippen LogP contribution is -2.15. The number of halogens is 1. The number of ether oxygens (including phenoxy) is 1. The molecule has 1 rings (SSSR count). The highest BCUT2D eigenvalue weighted by molar-refractivity contribution is 14.1. The number of nitrogens with two attached hydrogens (primary N) is 1. The number of rotatable bonds is 7. The Morgan fingerprint density at radius 2 is 2.16 bits per heavy atom. The van der Waals surface area contributed by atoms with Crippen molar-refractivity contribution in [3.8, 4) is 0 Å². The number of hydrogen-bond acceptors (Lipinski definition) is 3. The molecular formula is C15H22INO2. The van der Waals surface area contributed by atoms with Crippen LogP contribution in [0.25, 0.3) is 0 Å². The first kappa shape index (κ1) is 16.3. The zero-order chi connectivity index (χ0) is 14.3. The van der Waals surface area contributed by atoms with Crippen molar-refractivity contribution in [2.24, 2.45) is 5.92 Å². The second-order valence-electron chi connectivity index (χ2n) is 4.75. The minimum absolute atomic E-state index is 0.314. The van der Waals surface area contributed by atoms with Gasteiger partial charge in [-0.25, -0.2) is 4.79 Å². The van der Waals surface area contributed by atoms with Gasteiger partial charge in [0.2, 0.25) is 0 Å². The van der Waals surface area contributed by atoms with Crippen molar-refractivity contribution in [1.82, 2.24) is 0 Å². The van der Waals surface area contributed by atoms with Crippen LogP contribution in [0.15, 0.2) is 18.2 Å². The fourth-order valence-electron chi connectivity index (χ4n) is 1.87. The van der Waals surface area contributed by atoms with Gasteiger partial charge in [-0.15, -0.1) is 0 Å². The second kappa shape index (κ2) is 8.40. The number of esters is 1. The van der Waals surface area contributed by atoms with Crippen LogP contribution in [0.1, 0.15) is 49.9 Å². The molecule has 2 N–H and O–H groups in total. The van der Waals surface area contributed by atoms with Crippen molar-refractivity contribution >= 4 is 34.2 Å². The minimum Gasteiger partial charge on any atom is -0.462 e. The number of anilines is 1. The Morgan fingerprint density at radius 3 is 2.79 bits per heavy atom. The molecule has 0 aliphatic carbocycles. The fourth-order valence-corrected chi connectivity index (χ4v) is 2.37. The van der Waals surface area contributed by atoms with Crippen molar-refractivity contribution in [2.45, 2.75) is 39.5 Å². The molecule has 0 heterocycles. The van der Waals surface area contributed by atoms with Gasteiger partial charge in [-0.3, -0.25) is 0 Å². The van der Waals surface area contributed by atoms with Crippen LogP contribution in [-0.4, -0.2) is 12.6 Å². The van der Waals surface area contributed by atoms with Crippen LogP contribution in [0, 0.1) is 9.49 Å². The number of benzene rings is 1. The predicted molar refractivity (Wildman–Crippen MR) is 87.2 cm³/mol.